The summed E-state index contributed by atoms with van der Waals surface area (Å²) < 4.78 is 18.6. The van der Waals surface area contributed by atoms with Crippen LogP contribution in [-0.2, 0) is 13.9 Å². The first kappa shape index (κ1) is 15.9. The van der Waals surface area contributed by atoms with Crippen LogP contribution in [0.15, 0.2) is 0 Å². The fraction of sp³-hybridized carbons (Fsp3) is 1.00. The van der Waals surface area contributed by atoms with Crippen LogP contribution in [0.4, 0.5) is 0 Å². The highest BCUT2D eigenvalue weighted by atomic mass is 127. The Labute approximate surface area is 120 Å². The van der Waals surface area contributed by atoms with Gasteiger partial charge in [0.1, 0.15) is 0 Å². The molecule has 0 spiro atoms. The summed E-state index contributed by atoms with van der Waals surface area (Å²) in [5.41, 5.74) is 0. The normalized spacial score (nSPS) is 29.8. The second-order valence-corrected chi connectivity index (χ2v) is 10.2. The van der Waals surface area contributed by atoms with Crippen molar-refractivity contribution in [2.75, 3.05) is 11.5 Å². The van der Waals surface area contributed by atoms with Crippen molar-refractivity contribution < 1.29 is 13.9 Å². The van der Waals surface area contributed by atoms with Crippen molar-refractivity contribution in [1.82, 2.24) is 0 Å². The number of ether oxygens (including phenoxy) is 2. The van der Waals surface area contributed by atoms with Gasteiger partial charge in [0.25, 0.3) is 0 Å². The topological polar surface area (TPSA) is 27.7 Å². The summed E-state index contributed by atoms with van der Waals surface area (Å²) in [7, 11) is 0.188. The minimum absolute atomic E-state index is 0.0722. The summed E-state index contributed by atoms with van der Waals surface area (Å²) in [6.07, 6.45) is 1.26. The second kappa shape index (κ2) is 7.42. The minimum Gasteiger partial charge on any atom is -0.411 e. The van der Waals surface area contributed by atoms with Crippen LogP contribution in [0, 0.1) is 0 Å². The first-order valence-electron chi connectivity index (χ1n) is 6.56. The summed E-state index contributed by atoms with van der Waals surface area (Å²) in [4.78, 5) is 0. The molecule has 0 aromatic carbocycles. The molecule has 3 atom stereocenters. The van der Waals surface area contributed by atoms with Gasteiger partial charge in [-0.2, -0.15) is 0 Å². The Balaban J connectivity index is 2.65. The summed E-state index contributed by atoms with van der Waals surface area (Å²) in [5.74, 6) is 0. The van der Waals surface area contributed by atoms with Crippen LogP contribution in [-0.4, -0.2) is 38.4 Å². The van der Waals surface area contributed by atoms with E-state index in [0.29, 0.717) is 0 Å². The largest absolute Gasteiger partial charge is 0.411 e. The van der Waals surface area contributed by atoms with Crippen molar-refractivity contribution in [3.8, 4) is 0 Å². The molecule has 1 aliphatic rings. The Morgan fingerprint density at radius 2 is 1.82 bits per heavy atom. The molecule has 0 unspecified atom stereocenters. The van der Waals surface area contributed by atoms with E-state index >= 15 is 0 Å². The predicted octanol–water partition coefficient (Wildman–Crippen LogP) is 3.57. The zero-order chi connectivity index (χ0) is 12.9. The van der Waals surface area contributed by atoms with E-state index < -0.39 is 8.32 Å². The van der Waals surface area contributed by atoms with E-state index in [-0.39, 0.29) is 18.5 Å². The van der Waals surface area contributed by atoms with Crippen molar-refractivity contribution in [3.63, 3.8) is 0 Å². The van der Waals surface area contributed by atoms with Crippen LogP contribution >= 0.6 is 22.6 Å². The van der Waals surface area contributed by atoms with Crippen molar-refractivity contribution in [1.29, 1.82) is 0 Å². The first-order valence-corrected chi connectivity index (χ1v) is 10.6. The monoisotopic (exact) mass is 372 g/mol. The second-order valence-electron chi connectivity index (χ2n) is 4.63. The average Bonchev–Trinajstić information content (AvgIpc) is 2.78. The van der Waals surface area contributed by atoms with E-state index in [1.807, 2.05) is 0 Å². The van der Waals surface area contributed by atoms with E-state index in [1.54, 1.807) is 7.11 Å². The van der Waals surface area contributed by atoms with Gasteiger partial charge in [-0.3, -0.25) is 0 Å². The Kier molecular flexibility index (Phi) is 6.94. The summed E-state index contributed by atoms with van der Waals surface area (Å²) >= 11 is 2.37. The average molecular weight is 372 g/mol. The van der Waals surface area contributed by atoms with Crippen LogP contribution < -0.4 is 0 Å². The van der Waals surface area contributed by atoms with E-state index in [4.69, 9.17) is 13.9 Å². The van der Waals surface area contributed by atoms with E-state index in [9.17, 15) is 0 Å². The molecule has 3 nitrogen and oxygen atoms in total. The molecule has 0 aromatic heterocycles. The lowest BCUT2D eigenvalue weighted by molar-refractivity contribution is -0.110. The summed E-state index contributed by atoms with van der Waals surface area (Å²) in [5, 5.41) is 0. The molecule has 1 saturated heterocycles. The van der Waals surface area contributed by atoms with Crippen LogP contribution in [0.1, 0.15) is 27.2 Å². The molecule has 0 bridgehead atoms. The lowest BCUT2D eigenvalue weighted by Crippen LogP contribution is -2.43. The van der Waals surface area contributed by atoms with Gasteiger partial charge in [-0.05, 0) is 18.1 Å². The maximum atomic E-state index is 6.51. The lowest BCUT2D eigenvalue weighted by Gasteiger charge is -2.32. The van der Waals surface area contributed by atoms with Crippen molar-refractivity contribution in [2.45, 2.75) is 63.8 Å². The number of methoxy groups -OCH3 is 1. The minimum atomic E-state index is -1.52. The summed E-state index contributed by atoms with van der Waals surface area (Å²) in [6.45, 7) is 6.80. The Morgan fingerprint density at radius 1 is 1.24 bits per heavy atom. The van der Waals surface area contributed by atoms with Gasteiger partial charge in [0.15, 0.2) is 14.6 Å². The SMILES string of the molecule is CC[Si](CC)(CC)O[C@H]1C[C@@H](OC)O[C@@H]1CI. The van der Waals surface area contributed by atoms with E-state index in [2.05, 4.69) is 43.4 Å². The fourth-order valence-corrected chi connectivity index (χ4v) is 6.08. The molecule has 0 aromatic rings. The van der Waals surface area contributed by atoms with Crippen LogP contribution in [0.25, 0.3) is 0 Å². The van der Waals surface area contributed by atoms with Crippen LogP contribution in [0.5, 0.6) is 0 Å². The molecule has 0 aliphatic carbocycles. The van der Waals surface area contributed by atoms with Gasteiger partial charge in [-0.25, -0.2) is 0 Å². The molecule has 0 radical (unpaired) electrons. The Hall–Kier alpha value is 0.827. The fourth-order valence-electron chi connectivity index (χ4n) is 2.41. The third-order valence-corrected chi connectivity index (χ3v) is 9.45. The van der Waals surface area contributed by atoms with Crippen molar-refractivity contribution in [3.05, 3.63) is 0 Å². The lowest BCUT2D eigenvalue weighted by atomic mass is 10.2. The van der Waals surface area contributed by atoms with Gasteiger partial charge in [0.05, 0.1) is 12.2 Å². The summed E-state index contributed by atoms with van der Waals surface area (Å²) in [6, 6.07) is 3.59. The van der Waals surface area contributed by atoms with Gasteiger partial charge in [-0.1, -0.05) is 43.4 Å². The van der Waals surface area contributed by atoms with Crippen molar-refractivity contribution in [2.24, 2.45) is 0 Å². The van der Waals surface area contributed by atoms with Gasteiger partial charge in [-0.15, -0.1) is 0 Å². The number of hydrogen-bond donors (Lipinski definition) is 0. The molecule has 1 aliphatic heterocycles. The standard InChI is InChI=1S/C12H25IO3Si/c1-5-17(6-2,7-3)16-10-8-12(14-4)15-11(10)9-13/h10-12H,5-9H2,1-4H3/t10-,11+,12-/m0/s1. The number of halogens is 1. The highest BCUT2D eigenvalue weighted by Crippen LogP contribution is 2.31. The molecule has 5 heteroatoms. The zero-order valence-corrected chi connectivity index (χ0v) is 14.5. The number of alkyl halides is 1. The molecule has 102 valence electrons. The molecule has 17 heavy (non-hydrogen) atoms. The van der Waals surface area contributed by atoms with Gasteiger partial charge in [0, 0.05) is 18.0 Å². The maximum absolute atomic E-state index is 6.51. The quantitative estimate of drug-likeness (QED) is 0.389. The van der Waals surface area contributed by atoms with Gasteiger partial charge >= 0.3 is 0 Å². The highest BCUT2D eigenvalue weighted by Gasteiger charge is 2.41. The molecule has 0 N–H and O–H groups in total. The molecular formula is C12H25IO3Si. The molecule has 1 rings (SSSR count). The highest BCUT2D eigenvalue weighted by molar-refractivity contribution is 14.1. The molecular weight excluding hydrogens is 347 g/mol. The molecule has 1 heterocycles. The van der Waals surface area contributed by atoms with Crippen LogP contribution in [0.3, 0.4) is 0 Å². The van der Waals surface area contributed by atoms with E-state index in [1.165, 1.54) is 18.1 Å². The maximum Gasteiger partial charge on any atom is 0.192 e. The molecule has 0 saturated carbocycles. The first-order chi connectivity index (χ1) is 8.14. The number of rotatable bonds is 7. The van der Waals surface area contributed by atoms with Gasteiger partial charge in [0.2, 0.25) is 0 Å². The Bertz CT molecular complexity index is 216. The third kappa shape index (κ3) is 3.89. The van der Waals surface area contributed by atoms with Gasteiger partial charge < -0.3 is 13.9 Å². The number of hydrogen-bond acceptors (Lipinski definition) is 3. The Morgan fingerprint density at radius 3 is 2.24 bits per heavy atom. The van der Waals surface area contributed by atoms with Crippen LogP contribution in [0.2, 0.25) is 18.1 Å². The van der Waals surface area contributed by atoms with E-state index in [0.717, 1.165) is 10.8 Å². The molecule has 0 amide bonds. The van der Waals surface area contributed by atoms with Crippen molar-refractivity contribution >= 4 is 30.9 Å². The predicted molar refractivity (Wildman–Crippen MR) is 81.2 cm³/mol. The third-order valence-electron chi connectivity index (χ3n) is 3.92. The smallest absolute Gasteiger partial charge is 0.192 e. The zero-order valence-electron chi connectivity index (χ0n) is 11.4. The molecule has 1 fully saturated rings.